The van der Waals surface area contributed by atoms with Crippen molar-refractivity contribution in [3.05, 3.63) is 23.4 Å². The van der Waals surface area contributed by atoms with E-state index >= 15 is 0 Å². The van der Waals surface area contributed by atoms with Crippen LogP contribution in [0.1, 0.15) is 24.6 Å². The average molecular weight is 180 g/mol. The van der Waals surface area contributed by atoms with Gasteiger partial charge in [0.1, 0.15) is 0 Å². The van der Waals surface area contributed by atoms with Crippen molar-refractivity contribution in [2.24, 2.45) is 5.73 Å². The molecule has 0 bridgehead atoms. The molecular formula is C10H16N2O. The normalized spacial score (nSPS) is 10.1. The minimum Gasteiger partial charge on any atom is -0.478 e. The van der Waals surface area contributed by atoms with Crippen LogP contribution in [-0.4, -0.2) is 11.6 Å². The second kappa shape index (κ2) is 4.82. The minimum atomic E-state index is 0.534. The highest BCUT2D eigenvalue weighted by Crippen LogP contribution is 2.11. The predicted molar refractivity (Wildman–Crippen MR) is 52.7 cm³/mol. The third kappa shape index (κ3) is 3.03. The number of hydrogen-bond donors (Lipinski definition) is 1. The number of pyridine rings is 1. The molecule has 3 nitrogen and oxygen atoms in total. The Kier molecular flexibility index (Phi) is 3.71. The summed E-state index contributed by atoms with van der Waals surface area (Å²) in [7, 11) is 0. The number of hydrogen-bond acceptors (Lipinski definition) is 3. The molecule has 0 radical (unpaired) electrons. The first kappa shape index (κ1) is 9.99. The first-order chi connectivity index (χ1) is 6.26. The van der Waals surface area contributed by atoms with Gasteiger partial charge in [-0.2, -0.15) is 0 Å². The largest absolute Gasteiger partial charge is 0.478 e. The van der Waals surface area contributed by atoms with Gasteiger partial charge in [0.05, 0.1) is 6.61 Å². The molecule has 0 saturated carbocycles. The highest BCUT2D eigenvalue weighted by molar-refractivity contribution is 5.24. The van der Waals surface area contributed by atoms with E-state index in [4.69, 9.17) is 10.5 Å². The summed E-state index contributed by atoms with van der Waals surface area (Å²) in [6.45, 7) is 5.25. The first-order valence-corrected chi connectivity index (χ1v) is 4.56. The fourth-order valence-corrected chi connectivity index (χ4v) is 1.11. The number of aryl methyl sites for hydroxylation is 1. The highest BCUT2D eigenvalue weighted by Gasteiger charge is 1.98. The Labute approximate surface area is 78.9 Å². The molecule has 0 saturated heterocycles. The van der Waals surface area contributed by atoms with E-state index in [1.54, 1.807) is 0 Å². The third-order valence-electron chi connectivity index (χ3n) is 1.68. The van der Waals surface area contributed by atoms with Crippen LogP contribution in [0.5, 0.6) is 5.88 Å². The minimum absolute atomic E-state index is 0.534. The molecule has 0 fully saturated rings. The highest BCUT2D eigenvalue weighted by atomic mass is 16.5. The molecular weight excluding hydrogens is 164 g/mol. The van der Waals surface area contributed by atoms with E-state index < -0.39 is 0 Å². The maximum Gasteiger partial charge on any atom is 0.213 e. The Balaban J connectivity index is 2.76. The molecule has 2 N–H and O–H groups in total. The molecule has 0 aliphatic heterocycles. The molecule has 1 rings (SSSR count). The zero-order valence-corrected chi connectivity index (χ0v) is 8.21. The van der Waals surface area contributed by atoms with Crippen LogP contribution in [0.4, 0.5) is 0 Å². The molecule has 72 valence electrons. The van der Waals surface area contributed by atoms with Gasteiger partial charge in [0.2, 0.25) is 5.88 Å². The average Bonchev–Trinajstić information content (AvgIpc) is 2.14. The van der Waals surface area contributed by atoms with Gasteiger partial charge in [-0.05, 0) is 25.0 Å². The summed E-state index contributed by atoms with van der Waals surface area (Å²) in [4.78, 5) is 4.24. The molecule has 3 heteroatoms. The van der Waals surface area contributed by atoms with E-state index in [-0.39, 0.29) is 0 Å². The SMILES string of the molecule is CCCOc1cc(CN)cc(C)n1. The number of ether oxygens (including phenoxy) is 1. The van der Waals surface area contributed by atoms with Crippen molar-refractivity contribution in [2.45, 2.75) is 26.8 Å². The molecule has 13 heavy (non-hydrogen) atoms. The number of nitrogens with zero attached hydrogens (tertiary/aromatic N) is 1. The molecule has 0 aliphatic carbocycles. The van der Waals surface area contributed by atoms with Crippen LogP contribution >= 0.6 is 0 Å². The molecule has 1 aromatic rings. The Morgan fingerprint density at radius 1 is 1.46 bits per heavy atom. The standard InChI is InChI=1S/C10H16N2O/c1-3-4-13-10-6-9(7-11)5-8(2)12-10/h5-6H,3-4,7,11H2,1-2H3. The lowest BCUT2D eigenvalue weighted by Crippen LogP contribution is -2.02. The first-order valence-electron chi connectivity index (χ1n) is 4.56. The van der Waals surface area contributed by atoms with Gasteiger partial charge in [-0.3, -0.25) is 0 Å². The molecule has 1 aromatic heterocycles. The van der Waals surface area contributed by atoms with Gasteiger partial charge in [0, 0.05) is 18.3 Å². The summed E-state index contributed by atoms with van der Waals surface area (Å²) < 4.78 is 5.41. The van der Waals surface area contributed by atoms with Gasteiger partial charge >= 0.3 is 0 Å². The van der Waals surface area contributed by atoms with Crippen molar-refractivity contribution in [2.75, 3.05) is 6.61 Å². The van der Waals surface area contributed by atoms with Gasteiger partial charge in [-0.1, -0.05) is 6.92 Å². The van der Waals surface area contributed by atoms with Crippen molar-refractivity contribution in [1.82, 2.24) is 4.98 Å². The van der Waals surface area contributed by atoms with Crippen LogP contribution in [0.3, 0.4) is 0 Å². The van der Waals surface area contributed by atoms with Crippen molar-refractivity contribution in [3.8, 4) is 5.88 Å². The lowest BCUT2D eigenvalue weighted by atomic mass is 10.2. The zero-order valence-electron chi connectivity index (χ0n) is 8.21. The van der Waals surface area contributed by atoms with Crippen molar-refractivity contribution >= 4 is 0 Å². The van der Waals surface area contributed by atoms with Crippen molar-refractivity contribution in [1.29, 1.82) is 0 Å². The van der Waals surface area contributed by atoms with Gasteiger partial charge < -0.3 is 10.5 Å². The van der Waals surface area contributed by atoms with Gasteiger partial charge in [-0.15, -0.1) is 0 Å². The van der Waals surface area contributed by atoms with Crippen LogP contribution in [0.15, 0.2) is 12.1 Å². The van der Waals surface area contributed by atoms with Gasteiger partial charge in [0.25, 0.3) is 0 Å². The monoisotopic (exact) mass is 180 g/mol. The van der Waals surface area contributed by atoms with Gasteiger partial charge in [0.15, 0.2) is 0 Å². The van der Waals surface area contributed by atoms with Crippen molar-refractivity contribution in [3.63, 3.8) is 0 Å². The maximum absolute atomic E-state index is 5.53. The van der Waals surface area contributed by atoms with Crippen LogP contribution in [0.2, 0.25) is 0 Å². The summed E-state index contributed by atoms with van der Waals surface area (Å²) in [6.07, 6.45) is 0.994. The van der Waals surface area contributed by atoms with Crippen molar-refractivity contribution < 1.29 is 4.74 Å². The Bertz CT molecular complexity index is 274. The quantitative estimate of drug-likeness (QED) is 0.766. The van der Waals surface area contributed by atoms with E-state index in [1.165, 1.54) is 0 Å². The number of nitrogens with two attached hydrogens (primary N) is 1. The smallest absolute Gasteiger partial charge is 0.213 e. The molecule has 0 aliphatic rings. The molecule has 0 amide bonds. The molecule has 0 spiro atoms. The third-order valence-corrected chi connectivity index (χ3v) is 1.68. The molecule has 0 atom stereocenters. The Morgan fingerprint density at radius 2 is 2.23 bits per heavy atom. The molecule has 0 aromatic carbocycles. The fraction of sp³-hybridized carbons (Fsp3) is 0.500. The second-order valence-corrected chi connectivity index (χ2v) is 3.01. The molecule has 1 heterocycles. The van der Waals surface area contributed by atoms with E-state index in [0.29, 0.717) is 19.0 Å². The summed E-state index contributed by atoms with van der Waals surface area (Å²) >= 11 is 0. The maximum atomic E-state index is 5.53. The van der Waals surface area contributed by atoms with E-state index in [9.17, 15) is 0 Å². The van der Waals surface area contributed by atoms with E-state index in [1.807, 2.05) is 19.1 Å². The lowest BCUT2D eigenvalue weighted by Gasteiger charge is -2.06. The Hall–Kier alpha value is -1.09. The van der Waals surface area contributed by atoms with Crippen LogP contribution in [-0.2, 0) is 6.54 Å². The summed E-state index contributed by atoms with van der Waals surface area (Å²) in [5.74, 6) is 0.683. The number of aromatic nitrogens is 1. The number of rotatable bonds is 4. The van der Waals surface area contributed by atoms with Crippen LogP contribution in [0, 0.1) is 6.92 Å². The van der Waals surface area contributed by atoms with Gasteiger partial charge in [-0.25, -0.2) is 4.98 Å². The lowest BCUT2D eigenvalue weighted by molar-refractivity contribution is 0.304. The molecule has 0 unspecified atom stereocenters. The van der Waals surface area contributed by atoms with Crippen LogP contribution in [0.25, 0.3) is 0 Å². The fourth-order valence-electron chi connectivity index (χ4n) is 1.11. The second-order valence-electron chi connectivity index (χ2n) is 3.01. The van der Waals surface area contributed by atoms with E-state index in [2.05, 4.69) is 11.9 Å². The summed E-state index contributed by atoms with van der Waals surface area (Å²) in [5, 5.41) is 0. The zero-order chi connectivity index (χ0) is 9.68. The predicted octanol–water partition coefficient (Wildman–Crippen LogP) is 1.64. The van der Waals surface area contributed by atoms with E-state index in [0.717, 1.165) is 17.7 Å². The summed E-state index contributed by atoms with van der Waals surface area (Å²) in [5.41, 5.74) is 7.55. The summed E-state index contributed by atoms with van der Waals surface area (Å²) in [6, 6.07) is 3.86. The topological polar surface area (TPSA) is 48.1 Å². The Morgan fingerprint density at radius 3 is 2.85 bits per heavy atom. The van der Waals surface area contributed by atoms with Crippen LogP contribution < -0.4 is 10.5 Å².